The highest BCUT2D eigenvalue weighted by molar-refractivity contribution is 8.03. The first-order valence-electron chi connectivity index (χ1n) is 8.57. The number of hydrogen-bond donors (Lipinski definition) is 0. The lowest BCUT2D eigenvalue weighted by Gasteiger charge is -2.38. The predicted octanol–water partition coefficient (Wildman–Crippen LogP) is -0.282. The summed E-state index contributed by atoms with van der Waals surface area (Å²) in [6, 6.07) is 4.12. The minimum Gasteiger partial charge on any atom is -0.543 e. The van der Waals surface area contributed by atoms with Crippen molar-refractivity contribution in [1.82, 2.24) is 19.9 Å². The van der Waals surface area contributed by atoms with Gasteiger partial charge in [0.15, 0.2) is 18.9 Å². The first-order chi connectivity index (χ1) is 13.1. The van der Waals surface area contributed by atoms with Crippen LogP contribution in [0.2, 0.25) is 0 Å². The normalized spacial score (nSPS) is 19.8. The van der Waals surface area contributed by atoms with Crippen LogP contribution in [0.25, 0.3) is 6.08 Å². The lowest BCUT2D eigenvalue weighted by molar-refractivity contribution is -0.698. The average Bonchev–Trinajstić information content (AvgIpc) is 3.29. The number of pyridine rings is 1. The summed E-state index contributed by atoms with van der Waals surface area (Å²) in [5.74, 6) is -1.67. The number of carbonyl (C=O) groups excluding carboxylic acids is 2. The van der Waals surface area contributed by atoms with Crippen molar-refractivity contribution in [3.63, 3.8) is 0 Å². The molecule has 1 amide bonds. The van der Waals surface area contributed by atoms with E-state index < -0.39 is 5.97 Å². The zero-order valence-corrected chi connectivity index (χ0v) is 15.4. The van der Waals surface area contributed by atoms with E-state index in [-0.39, 0.29) is 17.0 Å². The molecule has 1 atom stereocenters. The number of aromatic nitrogens is 4. The van der Waals surface area contributed by atoms with Crippen molar-refractivity contribution in [2.75, 3.05) is 0 Å². The van der Waals surface area contributed by atoms with Gasteiger partial charge in [-0.3, -0.25) is 9.69 Å². The van der Waals surface area contributed by atoms with Crippen LogP contribution in [0.3, 0.4) is 0 Å². The molecule has 9 heteroatoms. The fraction of sp³-hybridized carbons (Fsp3) is 0.278. The molecular weight excluding hydrogens is 366 g/mol. The third-order valence-corrected chi connectivity index (χ3v) is 5.60. The maximum Gasteiger partial charge on any atom is 0.258 e. The van der Waals surface area contributed by atoms with Gasteiger partial charge in [0.25, 0.3) is 5.91 Å². The van der Waals surface area contributed by atoms with E-state index in [0.29, 0.717) is 17.8 Å². The summed E-state index contributed by atoms with van der Waals surface area (Å²) in [5.41, 5.74) is 2.28. The summed E-state index contributed by atoms with van der Waals surface area (Å²) in [4.78, 5) is 24.4. The molecule has 2 aliphatic heterocycles. The quantitative estimate of drug-likeness (QED) is 0.387. The molecule has 2 aromatic rings. The molecule has 0 aliphatic carbocycles. The highest BCUT2D eigenvalue weighted by Gasteiger charge is 2.47. The molecule has 27 heavy (non-hydrogen) atoms. The summed E-state index contributed by atoms with van der Waals surface area (Å²) in [5, 5.41) is 20.3. The third-order valence-electron chi connectivity index (χ3n) is 4.52. The number of hydrogen-bond acceptors (Lipinski definition) is 6. The largest absolute Gasteiger partial charge is 0.543 e. The first kappa shape index (κ1) is 17.5. The molecule has 2 aliphatic rings. The van der Waals surface area contributed by atoms with E-state index in [1.165, 1.54) is 27.6 Å². The van der Waals surface area contributed by atoms with Crippen LogP contribution in [0, 0.1) is 0 Å². The highest BCUT2D eigenvalue weighted by atomic mass is 32.2. The van der Waals surface area contributed by atoms with Crippen LogP contribution in [-0.2, 0) is 29.1 Å². The smallest absolute Gasteiger partial charge is 0.258 e. The number of carbonyl (C=O) groups is 2. The van der Waals surface area contributed by atoms with Crippen molar-refractivity contribution in [3.05, 3.63) is 58.7 Å². The maximum atomic E-state index is 12.2. The fourth-order valence-corrected chi connectivity index (χ4v) is 4.16. The molecular formula is C18H17N5O3S. The van der Waals surface area contributed by atoms with E-state index in [1.54, 1.807) is 17.0 Å². The molecule has 0 radical (unpaired) electrons. The molecule has 0 saturated carbocycles. The Morgan fingerprint density at radius 2 is 2.33 bits per heavy atom. The van der Waals surface area contributed by atoms with Crippen molar-refractivity contribution < 1.29 is 19.3 Å². The van der Waals surface area contributed by atoms with Gasteiger partial charge in [-0.2, -0.15) is 0 Å². The van der Waals surface area contributed by atoms with Crippen LogP contribution in [0.4, 0.5) is 0 Å². The summed E-state index contributed by atoms with van der Waals surface area (Å²) in [6.45, 7) is 3.54. The molecule has 1 saturated heterocycles. The molecule has 4 heterocycles. The topological polar surface area (TPSA) is 95.0 Å². The zero-order chi connectivity index (χ0) is 19.0. The van der Waals surface area contributed by atoms with Crippen molar-refractivity contribution >= 4 is 29.7 Å². The molecule has 8 nitrogen and oxygen atoms in total. The second-order valence-electron chi connectivity index (χ2n) is 6.26. The van der Waals surface area contributed by atoms with E-state index in [2.05, 4.69) is 34.1 Å². The number of carboxylic acids is 1. The Bertz CT molecular complexity index is 981. The SMILES string of the molecule is CCc1ccc[n+](CCn2cc(/C=C3/C(=O)N4C(C(=O)[O-])=CS[C@H]34)nn2)c1. The molecule has 0 bridgehead atoms. The second-order valence-corrected chi connectivity index (χ2v) is 7.22. The van der Waals surface area contributed by atoms with Crippen LogP contribution < -0.4 is 9.67 Å². The van der Waals surface area contributed by atoms with Crippen molar-refractivity contribution in [2.45, 2.75) is 31.8 Å². The zero-order valence-electron chi connectivity index (χ0n) is 14.6. The first-order valence-corrected chi connectivity index (χ1v) is 9.51. The molecule has 2 aromatic heterocycles. The van der Waals surface area contributed by atoms with E-state index >= 15 is 0 Å². The van der Waals surface area contributed by atoms with Crippen molar-refractivity contribution in [1.29, 1.82) is 0 Å². The number of rotatable bonds is 6. The Morgan fingerprint density at radius 1 is 1.48 bits per heavy atom. The van der Waals surface area contributed by atoms with E-state index in [1.807, 2.05) is 12.3 Å². The Kier molecular flexibility index (Phi) is 4.53. The van der Waals surface area contributed by atoms with Gasteiger partial charge in [0.2, 0.25) is 0 Å². The van der Waals surface area contributed by atoms with Gasteiger partial charge in [-0.05, 0) is 24.0 Å². The number of aliphatic carboxylic acids is 1. The van der Waals surface area contributed by atoms with Crippen LogP contribution in [0.15, 0.2) is 47.4 Å². The van der Waals surface area contributed by atoms with E-state index in [4.69, 9.17) is 0 Å². The van der Waals surface area contributed by atoms with Gasteiger partial charge in [-0.25, -0.2) is 9.25 Å². The predicted molar refractivity (Wildman–Crippen MR) is 95.3 cm³/mol. The van der Waals surface area contributed by atoms with Crippen LogP contribution >= 0.6 is 11.8 Å². The molecule has 1 fully saturated rings. The second kappa shape index (κ2) is 6.99. The van der Waals surface area contributed by atoms with Crippen LogP contribution in [-0.4, -0.2) is 37.1 Å². The summed E-state index contributed by atoms with van der Waals surface area (Å²) in [6.07, 6.45) is 8.55. The lowest BCUT2D eigenvalue weighted by atomic mass is 10.0. The number of fused-ring (bicyclic) bond motifs is 1. The molecule has 0 aromatic carbocycles. The molecule has 0 unspecified atom stereocenters. The van der Waals surface area contributed by atoms with Gasteiger partial charge in [-0.15, -0.1) is 16.9 Å². The van der Waals surface area contributed by atoms with E-state index in [0.717, 1.165) is 13.0 Å². The Morgan fingerprint density at radius 3 is 3.11 bits per heavy atom. The number of amides is 1. The molecule has 0 N–H and O–H groups in total. The van der Waals surface area contributed by atoms with E-state index in [9.17, 15) is 14.7 Å². The summed E-state index contributed by atoms with van der Waals surface area (Å²) in [7, 11) is 0. The summed E-state index contributed by atoms with van der Waals surface area (Å²) >= 11 is 1.27. The Labute approximate surface area is 159 Å². The van der Waals surface area contributed by atoms with Gasteiger partial charge in [0.1, 0.15) is 17.6 Å². The minimum atomic E-state index is -1.34. The standard InChI is InChI=1S/C18H17N5O3S/c1-2-12-4-3-5-21(9-12)6-7-22-10-13(19-20-22)8-14-16(24)23-15(18(25)26)11-27-17(14)23/h3-5,8-11,17H,2,6-7H2,1H3/b14-8-/t17-/m1/s1. The number of aryl methyl sites for hydroxylation is 3. The number of carboxylic acid groups (broad SMARTS) is 1. The van der Waals surface area contributed by atoms with Crippen molar-refractivity contribution in [2.24, 2.45) is 0 Å². The number of β-lactam (4-membered cyclic amide) rings is 1. The fourth-order valence-electron chi connectivity index (χ4n) is 3.05. The monoisotopic (exact) mass is 383 g/mol. The maximum absolute atomic E-state index is 12.2. The minimum absolute atomic E-state index is 0.0814. The number of thioether (sulfide) groups is 1. The van der Waals surface area contributed by atoms with Crippen molar-refractivity contribution in [3.8, 4) is 0 Å². The average molecular weight is 383 g/mol. The van der Waals surface area contributed by atoms with Gasteiger partial charge in [-0.1, -0.05) is 12.1 Å². The van der Waals surface area contributed by atoms with Crippen LogP contribution in [0.5, 0.6) is 0 Å². The molecule has 138 valence electrons. The number of nitrogens with zero attached hydrogens (tertiary/aromatic N) is 5. The highest BCUT2D eigenvalue weighted by Crippen LogP contribution is 2.44. The third kappa shape index (κ3) is 3.25. The Balaban J connectivity index is 1.41. The molecule has 0 spiro atoms. The lowest BCUT2D eigenvalue weighted by Crippen LogP contribution is -2.52. The summed E-state index contributed by atoms with van der Waals surface area (Å²) < 4.78 is 3.83. The van der Waals surface area contributed by atoms with Gasteiger partial charge >= 0.3 is 0 Å². The Hall–Kier alpha value is -2.94. The van der Waals surface area contributed by atoms with Crippen LogP contribution in [0.1, 0.15) is 18.2 Å². The van der Waals surface area contributed by atoms with Gasteiger partial charge in [0, 0.05) is 11.6 Å². The van der Waals surface area contributed by atoms with Gasteiger partial charge in [0.05, 0.1) is 23.4 Å². The van der Waals surface area contributed by atoms with Gasteiger partial charge < -0.3 is 9.90 Å². The molecule has 4 rings (SSSR count).